The van der Waals surface area contributed by atoms with Crippen molar-refractivity contribution in [3.8, 4) is 28.6 Å². The Morgan fingerprint density at radius 3 is 2.50 bits per heavy atom. The molecule has 0 unspecified atom stereocenters. The van der Waals surface area contributed by atoms with Crippen LogP contribution in [0.5, 0.6) is 0 Å². The predicted molar refractivity (Wildman–Crippen MR) is 104 cm³/mol. The Bertz CT molecular complexity index is 1150. The van der Waals surface area contributed by atoms with Gasteiger partial charge in [-0.1, -0.05) is 12.1 Å². The van der Waals surface area contributed by atoms with E-state index in [-0.39, 0.29) is 0 Å². The number of aryl methyl sites for hydroxylation is 3. The molecule has 0 aliphatic rings. The van der Waals surface area contributed by atoms with E-state index in [0.717, 1.165) is 29.2 Å². The van der Waals surface area contributed by atoms with Crippen LogP contribution < -0.4 is 5.73 Å². The zero-order valence-corrected chi connectivity index (χ0v) is 15.9. The molecule has 0 aliphatic heterocycles. The lowest BCUT2D eigenvalue weighted by atomic mass is 10.1. The van der Waals surface area contributed by atoms with Crippen LogP contribution in [0.3, 0.4) is 0 Å². The second kappa shape index (κ2) is 6.76. The second-order valence-electron chi connectivity index (χ2n) is 6.47. The molecule has 1 aromatic carbocycles. The molecule has 0 radical (unpaired) electrons. The molecule has 0 saturated heterocycles. The quantitative estimate of drug-likeness (QED) is 0.572. The highest BCUT2D eigenvalue weighted by Gasteiger charge is 2.19. The highest BCUT2D eigenvalue weighted by Crippen LogP contribution is 2.25. The number of hydrogen-bond acceptors (Lipinski definition) is 5. The van der Waals surface area contributed by atoms with E-state index in [4.69, 9.17) is 10.7 Å². The average molecular weight is 376 g/mol. The van der Waals surface area contributed by atoms with E-state index < -0.39 is 5.91 Å². The van der Waals surface area contributed by atoms with Gasteiger partial charge in [-0.15, -0.1) is 5.10 Å². The number of carbonyl (C=O) groups is 1. The molecule has 0 bridgehead atoms. The van der Waals surface area contributed by atoms with Gasteiger partial charge in [-0.3, -0.25) is 14.2 Å². The number of hydrogen-bond donors (Lipinski definition) is 1. The highest BCUT2D eigenvalue weighted by atomic mass is 16.1. The van der Waals surface area contributed by atoms with Gasteiger partial charge in [0.2, 0.25) is 5.91 Å². The third kappa shape index (κ3) is 3.07. The van der Waals surface area contributed by atoms with Crippen molar-refractivity contribution in [2.24, 2.45) is 12.8 Å². The van der Waals surface area contributed by atoms with E-state index in [9.17, 15) is 4.79 Å². The summed E-state index contributed by atoms with van der Waals surface area (Å²) >= 11 is 0. The minimum Gasteiger partial charge on any atom is -0.366 e. The summed E-state index contributed by atoms with van der Waals surface area (Å²) in [5.41, 5.74) is 9.10. The third-order valence-corrected chi connectivity index (χ3v) is 4.48. The fraction of sp³-hybridized carbons (Fsp3) is 0.211. The Labute approximate surface area is 161 Å². The Balaban J connectivity index is 1.85. The van der Waals surface area contributed by atoms with Gasteiger partial charge in [0, 0.05) is 30.4 Å². The fourth-order valence-corrected chi connectivity index (χ4v) is 3.02. The molecule has 28 heavy (non-hydrogen) atoms. The molecule has 3 heterocycles. The number of rotatable bonds is 5. The average Bonchev–Trinajstić information content (AvgIpc) is 3.39. The van der Waals surface area contributed by atoms with E-state index >= 15 is 0 Å². The van der Waals surface area contributed by atoms with Gasteiger partial charge in [0.15, 0.2) is 11.6 Å². The summed E-state index contributed by atoms with van der Waals surface area (Å²) < 4.78 is 5.35. The lowest BCUT2D eigenvalue weighted by Gasteiger charge is -2.00. The van der Waals surface area contributed by atoms with Gasteiger partial charge >= 0.3 is 0 Å². The zero-order valence-electron chi connectivity index (χ0n) is 15.9. The number of amides is 1. The molecule has 0 spiro atoms. The van der Waals surface area contributed by atoms with Crippen molar-refractivity contribution in [1.82, 2.24) is 34.3 Å². The molecule has 4 rings (SSSR count). The maximum Gasteiger partial charge on any atom is 0.248 e. The molecule has 9 heteroatoms. The van der Waals surface area contributed by atoms with Crippen molar-refractivity contribution in [3.05, 3.63) is 54.0 Å². The first-order valence-corrected chi connectivity index (χ1v) is 8.87. The van der Waals surface area contributed by atoms with Crippen LogP contribution in [0.4, 0.5) is 0 Å². The lowest BCUT2D eigenvalue weighted by molar-refractivity contribution is 0.100. The topological polar surface area (TPSA) is 109 Å². The summed E-state index contributed by atoms with van der Waals surface area (Å²) in [5.74, 6) is 0.678. The maximum absolute atomic E-state index is 11.3. The van der Waals surface area contributed by atoms with Crippen molar-refractivity contribution in [3.63, 3.8) is 0 Å². The molecule has 0 fully saturated rings. The van der Waals surface area contributed by atoms with Gasteiger partial charge in [0.05, 0.1) is 12.4 Å². The van der Waals surface area contributed by atoms with Gasteiger partial charge in [-0.05, 0) is 32.0 Å². The van der Waals surface area contributed by atoms with Crippen LogP contribution in [0.15, 0.2) is 42.7 Å². The number of nitrogens with zero attached hydrogens (tertiary/aromatic N) is 7. The minimum absolute atomic E-state index is 0.438. The summed E-state index contributed by atoms with van der Waals surface area (Å²) in [6, 6.07) is 8.88. The number of primary amides is 1. The Morgan fingerprint density at radius 2 is 1.93 bits per heavy atom. The Hall–Kier alpha value is -3.75. The van der Waals surface area contributed by atoms with Gasteiger partial charge in [-0.25, -0.2) is 9.67 Å². The van der Waals surface area contributed by atoms with Crippen molar-refractivity contribution in [1.29, 1.82) is 0 Å². The molecule has 0 atom stereocenters. The zero-order chi connectivity index (χ0) is 19.8. The first-order chi connectivity index (χ1) is 13.5. The summed E-state index contributed by atoms with van der Waals surface area (Å²) in [6.45, 7) is 4.82. The van der Waals surface area contributed by atoms with Crippen molar-refractivity contribution in [2.75, 3.05) is 0 Å². The first-order valence-electron chi connectivity index (χ1n) is 8.87. The van der Waals surface area contributed by atoms with Gasteiger partial charge < -0.3 is 5.73 Å². The molecule has 3 aromatic heterocycles. The highest BCUT2D eigenvalue weighted by molar-refractivity contribution is 5.93. The van der Waals surface area contributed by atoms with Crippen LogP contribution in [0.25, 0.3) is 28.6 Å². The molecule has 2 N–H and O–H groups in total. The molecule has 142 valence electrons. The SMILES string of the molecule is CCn1nc(-c2nc(-c3ccc(C(N)=O)cc3)nn2-c2cnn(C)c2)cc1C. The largest absolute Gasteiger partial charge is 0.366 e. The molecule has 0 aliphatic carbocycles. The first kappa shape index (κ1) is 17.7. The Kier molecular flexibility index (Phi) is 4.26. The summed E-state index contributed by atoms with van der Waals surface area (Å²) in [5, 5.41) is 13.5. The van der Waals surface area contributed by atoms with Crippen molar-refractivity contribution >= 4 is 5.91 Å². The molecule has 9 nitrogen and oxygen atoms in total. The van der Waals surface area contributed by atoms with Crippen LogP contribution in [0.1, 0.15) is 23.0 Å². The van der Waals surface area contributed by atoms with Crippen LogP contribution in [-0.2, 0) is 13.6 Å². The number of benzene rings is 1. The van der Waals surface area contributed by atoms with Crippen LogP contribution in [0.2, 0.25) is 0 Å². The monoisotopic (exact) mass is 376 g/mol. The van der Waals surface area contributed by atoms with Crippen molar-refractivity contribution < 1.29 is 4.79 Å². The van der Waals surface area contributed by atoms with Crippen LogP contribution >= 0.6 is 0 Å². The van der Waals surface area contributed by atoms with E-state index in [0.29, 0.717) is 17.2 Å². The van der Waals surface area contributed by atoms with Crippen molar-refractivity contribution in [2.45, 2.75) is 20.4 Å². The van der Waals surface area contributed by atoms with Gasteiger partial charge in [0.25, 0.3) is 0 Å². The number of aromatic nitrogens is 7. The molecule has 4 aromatic rings. The fourth-order valence-electron chi connectivity index (χ4n) is 3.02. The molecule has 1 amide bonds. The summed E-state index contributed by atoms with van der Waals surface area (Å²) in [6.07, 6.45) is 3.59. The standard InChI is InChI=1S/C19H20N8O/c1-4-26-12(2)9-16(23-26)19-22-18(14-7-5-13(6-8-14)17(20)28)24-27(19)15-10-21-25(3)11-15/h5-11H,4H2,1-3H3,(H2,20,28). The molecule has 0 saturated carbocycles. The number of carbonyl (C=O) groups excluding carboxylic acids is 1. The summed E-state index contributed by atoms with van der Waals surface area (Å²) in [4.78, 5) is 16.0. The third-order valence-electron chi connectivity index (χ3n) is 4.48. The summed E-state index contributed by atoms with van der Waals surface area (Å²) in [7, 11) is 1.85. The number of nitrogens with two attached hydrogens (primary N) is 1. The van der Waals surface area contributed by atoms with Gasteiger partial charge in [0.1, 0.15) is 11.4 Å². The molecular weight excluding hydrogens is 356 g/mol. The lowest BCUT2D eigenvalue weighted by Crippen LogP contribution is -2.10. The smallest absolute Gasteiger partial charge is 0.248 e. The van der Waals surface area contributed by atoms with E-state index in [1.807, 2.05) is 37.8 Å². The van der Waals surface area contributed by atoms with Crippen LogP contribution in [-0.4, -0.2) is 40.2 Å². The molecular formula is C19H20N8O. The minimum atomic E-state index is -0.471. The van der Waals surface area contributed by atoms with Crippen LogP contribution in [0, 0.1) is 6.92 Å². The second-order valence-corrected chi connectivity index (χ2v) is 6.47. The normalized spacial score (nSPS) is 11.1. The Morgan fingerprint density at radius 1 is 1.18 bits per heavy atom. The maximum atomic E-state index is 11.3. The predicted octanol–water partition coefficient (Wildman–Crippen LogP) is 1.96. The van der Waals surface area contributed by atoms with Gasteiger partial charge in [-0.2, -0.15) is 10.2 Å². The van der Waals surface area contributed by atoms with E-state index in [1.54, 1.807) is 39.8 Å². The van der Waals surface area contributed by atoms with E-state index in [2.05, 4.69) is 15.3 Å². The van der Waals surface area contributed by atoms with E-state index in [1.165, 1.54) is 0 Å².